The minimum atomic E-state index is -4.45. The van der Waals surface area contributed by atoms with Gasteiger partial charge in [-0.1, -0.05) is 0 Å². The Labute approximate surface area is 69.3 Å². The molecule has 1 rings (SSSR count). The van der Waals surface area contributed by atoms with Crippen molar-refractivity contribution in [3.05, 3.63) is 5.82 Å². The molecule has 1 heterocycles. The van der Waals surface area contributed by atoms with E-state index in [2.05, 4.69) is 10.2 Å². The molecule has 4 N–H and O–H groups in total. The monoisotopic (exact) mass is 199 g/mol. The van der Waals surface area contributed by atoms with Crippen LogP contribution in [0.2, 0.25) is 0 Å². The number of nitrogens with zero attached hydrogens (tertiary/aromatic N) is 3. The van der Waals surface area contributed by atoms with Crippen LogP contribution in [0.25, 0.3) is 0 Å². The molecule has 0 amide bonds. The van der Waals surface area contributed by atoms with E-state index >= 15 is 0 Å². The number of hydrogen-bond donors (Lipinski definition) is 2. The number of rotatable bonds is 2. The maximum atomic E-state index is 12.5. The summed E-state index contributed by atoms with van der Waals surface area (Å²) in [5.74, 6) is -1.49. The van der Waals surface area contributed by atoms with Crippen molar-refractivity contribution in [2.75, 3.05) is 11.6 Å². The van der Waals surface area contributed by atoms with E-state index in [-0.39, 0.29) is 4.68 Å². The Hall–Kier alpha value is -1.54. The molecule has 1 aromatic rings. The third-order valence-corrected chi connectivity index (χ3v) is 1.29. The molecule has 74 valence electrons. The smallest absolute Gasteiger partial charge is 0.366 e. The number of nitrogens with two attached hydrogens (primary N) is 2. The lowest BCUT2D eigenvalue weighted by atomic mass is 10.3. The predicted molar refractivity (Wildman–Crippen MR) is 34.5 cm³/mol. The summed E-state index contributed by atoms with van der Waals surface area (Å²) in [7, 11) is 0. The summed E-state index contributed by atoms with van der Waals surface area (Å²) < 4.78 is 48.7. The molecule has 0 atom stereocenters. The highest BCUT2D eigenvalue weighted by Gasteiger charge is 2.47. The molecule has 13 heavy (non-hydrogen) atoms. The fourth-order valence-corrected chi connectivity index (χ4v) is 0.628. The molecule has 0 saturated heterocycles. The summed E-state index contributed by atoms with van der Waals surface area (Å²) in [6.45, 7) is 0. The van der Waals surface area contributed by atoms with Crippen LogP contribution in [0.15, 0.2) is 0 Å². The third-order valence-electron chi connectivity index (χ3n) is 1.29. The van der Waals surface area contributed by atoms with Gasteiger partial charge in [-0.2, -0.15) is 8.78 Å². The number of alkyl halides is 4. The summed E-state index contributed by atoms with van der Waals surface area (Å²) in [4.78, 5) is 0. The van der Waals surface area contributed by atoms with Gasteiger partial charge in [-0.05, 0) is 0 Å². The number of halogens is 4. The third kappa shape index (κ3) is 1.36. The fraction of sp³-hybridized carbons (Fsp3) is 0.500. The molecule has 0 spiro atoms. The van der Waals surface area contributed by atoms with Crippen LogP contribution < -0.4 is 11.6 Å². The second-order valence-corrected chi connectivity index (χ2v) is 2.18. The second-order valence-electron chi connectivity index (χ2n) is 2.18. The molecule has 0 aliphatic carbocycles. The Kier molecular flexibility index (Phi) is 2.02. The van der Waals surface area contributed by atoms with E-state index in [0.29, 0.717) is 0 Å². The van der Waals surface area contributed by atoms with Crippen LogP contribution in [-0.2, 0) is 5.92 Å². The number of hydrogen-bond acceptors (Lipinski definition) is 4. The summed E-state index contributed by atoms with van der Waals surface area (Å²) in [6.07, 6.45) is -3.90. The highest BCUT2D eigenvalue weighted by atomic mass is 19.3. The molecule has 0 aromatic carbocycles. The predicted octanol–water partition coefficient (Wildman–Crippen LogP) is -0.0690. The van der Waals surface area contributed by atoms with Crippen LogP contribution in [-0.4, -0.2) is 21.3 Å². The van der Waals surface area contributed by atoms with Crippen LogP contribution in [0.1, 0.15) is 5.82 Å². The molecule has 0 fully saturated rings. The average molecular weight is 199 g/mol. The molecule has 0 aliphatic rings. The van der Waals surface area contributed by atoms with Crippen molar-refractivity contribution in [1.82, 2.24) is 14.9 Å². The van der Waals surface area contributed by atoms with Gasteiger partial charge >= 0.3 is 12.3 Å². The summed E-state index contributed by atoms with van der Waals surface area (Å²) in [6, 6.07) is 0. The fourth-order valence-electron chi connectivity index (χ4n) is 0.628. The zero-order chi connectivity index (χ0) is 10.2. The van der Waals surface area contributed by atoms with Gasteiger partial charge in [0.05, 0.1) is 0 Å². The van der Waals surface area contributed by atoms with Gasteiger partial charge in [0.15, 0.2) is 0 Å². The number of nitrogen functional groups attached to an aromatic ring is 2. The SMILES string of the molecule is Nc1nnc(C(F)(F)C(F)F)n1N. The van der Waals surface area contributed by atoms with Gasteiger partial charge < -0.3 is 11.6 Å². The molecule has 1 aromatic heterocycles. The summed E-state index contributed by atoms with van der Waals surface area (Å²) in [5, 5.41) is 5.66. The minimum Gasteiger partial charge on any atom is -0.366 e. The van der Waals surface area contributed by atoms with Gasteiger partial charge in [-0.15, -0.1) is 10.2 Å². The van der Waals surface area contributed by atoms with E-state index in [9.17, 15) is 17.6 Å². The van der Waals surface area contributed by atoms with Gasteiger partial charge in [0.25, 0.3) is 0 Å². The van der Waals surface area contributed by atoms with Gasteiger partial charge in [0.1, 0.15) is 0 Å². The standard InChI is InChI=1S/C4H5F4N5/c5-1(6)4(7,8)2-11-12-3(9)13(2)10/h1H,10H2,(H2,9,12). The van der Waals surface area contributed by atoms with E-state index in [1.54, 1.807) is 0 Å². The number of anilines is 1. The molecule has 0 aliphatic heterocycles. The molecular weight excluding hydrogens is 194 g/mol. The first-order valence-corrected chi connectivity index (χ1v) is 2.99. The van der Waals surface area contributed by atoms with Crippen LogP contribution in [0, 0.1) is 0 Å². The van der Waals surface area contributed by atoms with Gasteiger partial charge in [-0.3, -0.25) is 0 Å². The van der Waals surface area contributed by atoms with Crippen molar-refractivity contribution < 1.29 is 17.6 Å². The first-order valence-electron chi connectivity index (χ1n) is 2.99. The summed E-state index contributed by atoms with van der Waals surface area (Å²) in [5.41, 5.74) is 4.92. The second kappa shape index (κ2) is 2.75. The van der Waals surface area contributed by atoms with E-state index < -0.39 is 24.1 Å². The van der Waals surface area contributed by atoms with Gasteiger partial charge in [-0.25, -0.2) is 13.5 Å². The Balaban J connectivity index is 3.14. The van der Waals surface area contributed by atoms with E-state index in [1.807, 2.05) is 0 Å². The topological polar surface area (TPSA) is 82.8 Å². The zero-order valence-electron chi connectivity index (χ0n) is 6.09. The van der Waals surface area contributed by atoms with Crippen molar-refractivity contribution in [1.29, 1.82) is 0 Å². The lowest BCUT2D eigenvalue weighted by molar-refractivity contribution is -0.142. The number of aromatic nitrogens is 3. The lowest BCUT2D eigenvalue weighted by Gasteiger charge is -2.12. The van der Waals surface area contributed by atoms with Crippen LogP contribution in [0.5, 0.6) is 0 Å². The van der Waals surface area contributed by atoms with Crippen molar-refractivity contribution in [3.63, 3.8) is 0 Å². The van der Waals surface area contributed by atoms with E-state index in [4.69, 9.17) is 11.6 Å². The molecule has 0 saturated carbocycles. The first kappa shape index (κ1) is 9.55. The molecule has 0 unspecified atom stereocenters. The van der Waals surface area contributed by atoms with Gasteiger partial charge in [0.2, 0.25) is 11.8 Å². The van der Waals surface area contributed by atoms with Crippen molar-refractivity contribution in [2.45, 2.75) is 12.3 Å². The quantitative estimate of drug-likeness (QED) is 0.516. The maximum Gasteiger partial charge on any atom is 0.367 e. The van der Waals surface area contributed by atoms with Crippen molar-refractivity contribution >= 4 is 5.95 Å². The minimum absolute atomic E-state index is 0.117. The van der Waals surface area contributed by atoms with Crippen LogP contribution in [0.4, 0.5) is 23.5 Å². The molecule has 0 bridgehead atoms. The van der Waals surface area contributed by atoms with E-state index in [0.717, 1.165) is 0 Å². The normalized spacial score (nSPS) is 12.4. The lowest BCUT2D eigenvalue weighted by Crippen LogP contribution is -2.31. The Bertz CT molecular complexity index is 307. The van der Waals surface area contributed by atoms with E-state index in [1.165, 1.54) is 0 Å². The first-order chi connectivity index (χ1) is 5.87. The molecule has 0 radical (unpaired) electrons. The largest absolute Gasteiger partial charge is 0.367 e. The van der Waals surface area contributed by atoms with Crippen molar-refractivity contribution in [3.8, 4) is 0 Å². The van der Waals surface area contributed by atoms with Crippen molar-refractivity contribution in [2.24, 2.45) is 0 Å². The maximum absolute atomic E-state index is 12.5. The van der Waals surface area contributed by atoms with Crippen LogP contribution >= 0.6 is 0 Å². The molecule has 5 nitrogen and oxygen atoms in total. The highest BCUT2D eigenvalue weighted by Crippen LogP contribution is 2.32. The molecular formula is C4H5F4N5. The zero-order valence-corrected chi connectivity index (χ0v) is 6.09. The Morgan fingerprint density at radius 3 is 2.15 bits per heavy atom. The average Bonchev–Trinajstić information content (AvgIpc) is 2.33. The highest BCUT2D eigenvalue weighted by molar-refractivity contribution is 5.19. The Morgan fingerprint density at radius 1 is 1.31 bits per heavy atom. The summed E-state index contributed by atoms with van der Waals surface area (Å²) >= 11 is 0. The van der Waals surface area contributed by atoms with Crippen LogP contribution in [0.3, 0.4) is 0 Å². The van der Waals surface area contributed by atoms with Gasteiger partial charge in [0, 0.05) is 0 Å². The Morgan fingerprint density at radius 2 is 1.85 bits per heavy atom. The molecule has 9 heteroatoms.